The number of aromatic amines is 1. The number of nitrogens with two attached hydrogens (primary N) is 1. The van der Waals surface area contributed by atoms with Crippen molar-refractivity contribution in [3.63, 3.8) is 0 Å². The Labute approximate surface area is 182 Å². The summed E-state index contributed by atoms with van der Waals surface area (Å²) < 4.78 is 0. The molecule has 2 amide bonds. The molecule has 0 radical (unpaired) electrons. The summed E-state index contributed by atoms with van der Waals surface area (Å²) in [5.41, 5.74) is 9.09. The van der Waals surface area contributed by atoms with Crippen LogP contribution in [0, 0.1) is 0 Å². The van der Waals surface area contributed by atoms with Crippen molar-refractivity contribution in [3.8, 4) is 0 Å². The second kappa shape index (κ2) is 7.99. The zero-order valence-electron chi connectivity index (χ0n) is 16.9. The molecule has 160 valence electrons. The molecule has 1 aliphatic rings. The van der Waals surface area contributed by atoms with Gasteiger partial charge in [0.05, 0.1) is 17.3 Å². The molecule has 0 saturated carbocycles. The van der Waals surface area contributed by atoms with Crippen LogP contribution in [0.4, 0.5) is 27.9 Å². The van der Waals surface area contributed by atoms with Crippen LogP contribution in [0.25, 0.3) is 11.0 Å². The predicted octanol–water partition coefficient (Wildman–Crippen LogP) is 2.82. The first-order valence-electron chi connectivity index (χ1n) is 10.1. The monoisotopic (exact) mass is 428 g/mol. The van der Waals surface area contributed by atoms with Gasteiger partial charge in [-0.05, 0) is 30.2 Å². The maximum Gasteiger partial charge on any atom is 0.326 e. The molecule has 10 nitrogen and oxygen atoms in total. The third kappa shape index (κ3) is 3.58. The number of aromatic nitrogens is 4. The van der Waals surface area contributed by atoms with Gasteiger partial charge in [0.1, 0.15) is 5.82 Å². The van der Waals surface area contributed by atoms with Gasteiger partial charge in [-0.2, -0.15) is 15.1 Å². The van der Waals surface area contributed by atoms with E-state index in [1.165, 1.54) is 0 Å². The van der Waals surface area contributed by atoms with Crippen LogP contribution in [-0.4, -0.2) is 45.1 Å². The molecule has 4 aromatic rings. The smallest absolute Gasteiger partial charge is 0.326 e. The van der Waals surface area contributed by atoms with E-state index in [0.717, 1.165) is 17.5 Å². The summed E-state index contributed by atoms with van der Waals surface area (Å²) in [6.07, 6.45) is 3.04. The molecular weight excluding hydrogens is 408 g/mol. The summed E-state index contributed by atoms with van der Waals surface area (Å²) in [5.74, 6) is 0.679. The number of urea groups is 1. The molecule has 10 heteroatoms. The highest BCUT2D eigenvalue weighted by Gasteiger charge is 2.29. The lowest BCUT2D eigenvalue weighted by molar-refractivity contribution is 0.112. The van der Waals surface area contributed by atoms with Gasteiger partial charge in [0.15, 0.2) is 11.9 Å². The molecule has 5 rings (SSSR count). The quantitative estimate of drug-likeness (QED) is 0.366. The van der Waals surface area contributed by atoms with Gasteiger partial charge < -0.3 is 16.4 Å². The number of carbonyl (C=O) groups is 2. The van der Waals surface area contributed by atoms with Crippen LogP contribution in [0.3, 0.4) is 0 Å². The summed E-state index contributed by atoms with van der Waals surface area (Å²) in [6, 6.07) is 14.2. The van der Waals surface area contributed by atoms with Crippen molar-refractivity contribution in [2.45, 2.75) is 12.5 Å². The van der Waals surface area contributed by atoms with E-state index in [-0.39, 0.29) is 18.0 Å². The van der Waals surface area contributed by atoms with Crippen molar-refractivity contribution in [2.24, 2.45) is 0 Å². The number of anilines is 4. The van der Waals surface area contributed by atoms with E-state index in [1.807, 2.05) is 24.3 Å². The van der Waals surface area contributed by atoms with Gasteiger partial charge in [-0.3, -0.25) is 14.8 Å². The number of rotatable bonds is 4. The molecule has 2 aromatic carbocycles. The number of amides is 2. The van der Waals surface area contributed by atoms with Crippen LogP contribution in [0.5, 0.6) is 0 Å². The topological polar surface area (TPSA) is 142 Å². The van der Waals surface area contributed by atoms with Gasteiger partial charge >= 0.3 is 6.03 Å². The fraction of sp³-hybridized carbons (Fsp3) is 0.136. The Morgan fingerprint density at radius 1 is 1.16 bits per heavy atom. The summed E-state index contributed by atoms with van der Waals surface area (Å²) in [4.78, 5) is 34.7. The molecule has 32 heavy (non-hydrogen) atoms. The number of nitrogens with zero attached hydrogens (tertiary/aromatic N) is 4. The number of aldehydes is 1. The molecular formula is C22H20N8O2. The van der Waals surface area contributed by atoms with Crippen LogP contribution < -0.4 is 21.3 Å². The maximum atomic E-state index is 13.2. The van der Waals surface area contributed by atoms with Gasteiger partial charge in [-0.15, -0.1) is 0 Å². The number of hydrogen-bond acceptors (Lipinski definition) is 7. The maximum absolute atomic E-state index is 13.2. The lowest BCUT2D eigenvalue weighted by Crippen LogP contribution is -2.47. The summed E-state index contributed by atoms with van der Waals surface area (Å²) >= 11 is 0. The van der Waals surface area contributed by atoms with Crippen molar-refractivity contribution >= 4 is 46.5 Å². The molecule has 1 atom stereocenters. The van der Waals surface area contributed by atoms with E-state index in [0.29, 0.717) is 41.1 Å². The Kier molecular flexibility index (Phi) is 4.86. The number of nitrogens with one attached hydrogen (secondary N) is 3. The SMILES string of the molecule is Nc1nc(NC2Cc3ccccc3N(C(=O)Nc3ccccc3C=O)C2)c2cn[nH]c2n1. The zero-order chi connectivity index (χ0) is 22.1. The fourth-order valence-electron chi connectivity index (χ4n) is 3.94. The third-order valence-corrected chi connectivity index (χ3v) is 5.39. The van der Waals surface area contributed by atoms with Crippen LogP contribution in [0.15, 0.2) is 54.7 Å². The van der Waals surface area contributed by atoms with Crippen LogP contribution in [0.1, 0.15) is 15.9 Å². The number of benzene rings is 2. The lowest BCUT2D eigenvalue weighted by atomic mass is 9.98. The molecule has 1 unspecified atom stereocenters. The molecule has 2 aromatic heterocycles. The molecule has 0 fully saturated rings. The minimum atomic E-state index is -0.325. The first kappa shape index (κ1) is 19.5. The highest BCUT2D eigenvalue weighted by molar-refractivity contribution is 6.05. The normalized spacial score (nSPS) is 15.2. The largest absolute Gasteiger partial charge is 0.368 e. The Bertz CT molecular complexity index is 1320. The summed E-state index contributed by atoms with van der Waals surface area (Å²) in [5, 5.41) is 13.8. The van der Waals surface area contributed by atoms with Crippen molar-refractivity contribution in [1.82, 2.24) is 20.2 Å². The van der Waals surface area contributed by atoms with Crippen molar-refractivity contribution < 1.29 is 9.59 Å². The van der Waals surface area contributed by atoms with E-state index >= 15 is 0 Å². The minimum absolute atomic E-state index is 0.125. The Hall–Kier alpha value is -4.47. The average Bonchev–Trinajstić information content (AvgIpc) is 3.27. The van der Waals surface area contributed by atoms with Gasteiger partial charge in [-0.25, -0.2) is 4.79 Å². The minimum Gasteiger partial charge on any atom is -0.368 e. The van der Waals surface area contributed by atoms with Gasteiger partial charge in [0.2, 0.25) is 5.95 Å². The van der Waals surface area contributed by atoms with E-state index in [1.54, 1.807) is 35.4 Å². The van der Waals surface area contributed by atoms with Crippen LogP contribution >= 0.6 is 0 Å². The van der Waals surface area contributed by atoms with E-state index < -0.39 is 0 Å². The third-order valence-electron chi connectivity index (χ3n) is 5.39. The van der Waals surface area contributed by atoms with Crippen molar-refractivity contribution in [1.29, 1.82) is 0 Å². The standard InChI is InChI=1S/C22H20N8O2/c23-21-27-19(16-10-24-29-20(16)28-21)25-15-9-13-5-2-4-8-18(13)30(11-15)22(32)26-17-7-3-1-6-14(17)12-31/h1-8,10,12,15H,9,11H2,(H,26,32)(H4,23,24,25,27,28,29). The fourth-order valence-corrected chi connectivity index (χ4v) is 3.94. The van der Waals surface area contributed by atoms with E-state index in [9.17, 15) is 9.59 Å². The van der Waals surface area contributed by atoms with Gasteiger partial charge in [-0.1, -0.05) is 30.3 Å². The number of H-pyrrole nitrogens is 1. The highest BCUT2D eigenvalue weighted by atomic mass is 16.2. The molecule has 0 saturated heterocycles. The Morgan fingerprint density at radius 3 is 2.84 bits per heavy atom. The predicted molar refractivity (Wildman–Crippen MR) is 122 cm³/mol. The first-order valence-corrected chi connectivity index (χ1v) is 10.1. The van der Waals surface area contributed by atoms with Crippen LogP contribution in [0.2, 0.25) is 0 Å². The molecule has 3 heterocycles. The van der Waals surface area contributed by atoms with Gasteiger partial charge in [0.25, 0.3) is 0 Å². The zero-order valence-corrected chi connectivity index (χ0v) is 16.9. The summed E-state index contributed by atoms with van der Waals surface area (Å²) in [6.45, 7) is 0.384. The van der Waals surface area contributed by atoms with Crippen LogP contribution in [-0.2, 0) is 6.42 Å². The molecule has 1 aliphatic heterocycles. The Balaban J connectivity index is 1.44. The number of carbonyl (C=O) groups excluding carboxylic acids is 2. The van der Waals surface area contributed by atoms with Crippen molar-refractivity contribution in [2.75, 3.05) is 27.8 Å². The summed E-state index contributed by atoms with van der Waals surface area (Å²) in [7, 11) is 0. The van der Waals surface area contributed by atoms with Crippen molar-refractivity contribution in [3.05, 3.63) is 65.9 Å². The second-order valence-electron chi connectivity index (χ2n) is 7.48. The second-order valence-corrected chi connectivity index (χ2v) is 7.48. The number of fused-ring (bicyclic) bond motifs is 2. The molecule has 0 bridgehead atoms. The first-order chi connectivity index (χ1) is 15.6. The van der Waals surface area contributed by atoms with E-state index in [2.05, 4.69) is 30.8 Å². The number of nitrogen functional groups attached to an aromatic ring is 1. The average molecular weight is 428 g/mol. The highest BCUT2D eigenvalue weighted by Crippen LogP contribution is 2.30. The lowest BCUT2D eigenvalue weighted by Gasteiger charge is -2.35. The van der Waals surface area contributed by atoms with E-state index in [4.69, 9.17) is 5.73 Å². The molecule has 0 aliphatic carbocycles. The number of para-hydroxylation sites is 2. The number of hydrogen-bond donors (Lipinski definition) is 4. The Morgan fingerprint density at radius 2 is 1.97 bits per heavy atom. The molecule has 0 spiro atoms. The van der Waals surface area contributed by atoms with Gasteiger partial charge in [0, 0.05) is 23.8 Å². The molecule has 5 N–H and O–H groups in total.